The second kappa shape index (κ2) is 13.6. The van der Waals surface area contributed by atoms with Gasteiger partial charge in [-0.1, -0.05) is 133 Å². The second-order valence-corrected chi connectivity index (χ2v) is 16.1. The summed E-state index contributed by atoms with van der Waals surface area (Å²) in [6.07, 6.45) is 0. The van der Waals surface area contributed by atoms with E-state index in [2.05, 4.69) is 216 Å². The van der Waals surface area contributed by atoms with E-state index in [9.17, 15) is 0 Å². The van der Waals surface area contributed by atoms with E-state index in [0.717, 1.165) is 94.3 Å². The Morgan fingerprint density at radius 3 is 1.77 bits per heavy atom. The third-order valence-corrected chi connectivity index (χ3v) is 12.6. The van der Waals surface area contributed by atoms with Gasteiger partial charge in [-0.2, -0.15) is 0 Å². The standard InChI is InChI=1S/C58H36N2O2/c1-2-16-45-38(12-1)26-31-49-51-35-40(28-33-57(51)62-58(45)49)44-15-3-7-20-52(44)59(41-29-24-37(25-30-41)39-27-32-56-50(34-39)48-19-6-10-23-55(48)61-56)42-13-11-14-43(36-42)60-53-21-8-4-17-46(53)47-18-5-9-22-54(47)60/h1-36H. The van der Waals surface area contributed by atoms with Crippen LogP contribution in [0.3, 0.4) is 0 Å². The third-order valence-electron chi connectivity index (χ3n) is 12.6. The first-order valence-electron chi connectivity index (χ1n) is 21.1. The molecule has 290 valence electrons. The number of rotatable bonds is 6. The van der Waals surface area contributed by atoms with Gasteiger partial charge in [-0.15, -0.1) is 0 Å². The van der Waals surface area contributed by atoms with Gasteiger partial charge in [0.25, 0.3) is 0 Å². The van der Waals surface area contributed by atoms with Crippen LogP contribution in [0.2, 0.25) is 0 Å². The monoisotopic (exact) mass is 792 g/mol. The lowest BCUT2D eigenvalue weighted by Gasteiger charge is -2.28. The van der Waals surface area contributed by atoms with Crippen LogP contribution in [0.15, 0.2) is 227 Å². The van der Waals surface area contributed by atoms with Crippen molar-refractivity contribution in [3.05, 3.63) is 218 Å². The number of nitrogens with zero attached hydrogens (tertiary/aromatic N) is 2. The first-order chi connectivity index (χ1) is 30.7. The molecule has 10 aromatic carbocycles. The molecule has 0 bridgehead atoms. The maximum Gasteiger partial charge on any atom is 0.143 e. The lowest BCUT2D eigenvalue weighted by molar-refractivity contribution is 0.669. The predicted molar refractivity (Wildman–Crippen MR) is 258 cm³/mol. The summed E-state index contributed by atoms with van der Waals surface area (Å²) < 4.78 is 15.1. The Kier molecular flexibility index (Phi) is 7.57. The summed E-state index contributed by atoms with van der Waals surface area (Å²) in [6, 6.07) is 78.2. The van der Waals surface area contributed by atoms with Crippen LogP contribution in [0, 0.1) is 0 Å². The first-order valence-corrected chi connectivity index (χ1v) is 21.1. The molecule has 0 aliphatic rings. The number of benzene rings is 10. The first kappa shape index (κ1) is 34.5. The van der Waals surface area contributed by atoms with E-state index in [1.807, 2.05) is 12.1 Å². The SMILES string of the molecule is c1cc(N(c2ccc(-c3ccc4oc5ccccc5c4c3)cc2)c2ccccc2-c2ccc3oc4c5ccccc5ccc4c3c2)cc(-n2c3ccccc3c3ccccc32)c1. The van der Waals surface area contributed by atoms with E-state index >= 15 is 0 Å². The number of para-hydroxylation sites is 4. The van der Waals surface area contributed by atoms with Gasteiger partial charge in [0.1, 0.15) is 22.3 Å². The average molecular weight is 793 g/mol. The summed E-state index contributed by atoms with van der Waals surface area (Å²) in [5, 5.41) is 9.24. The topological polar surface area (TPSA) is 34.5 Å². The molecule has 0 atom stereocenters. The summed E-state index contributed by atoms with van der Waals surface area (Å²) in [5.41, 5.74) is 14.7. The van der Waals surface area contributed by atoms with E-state index in [0.29, 0.717) is 0 Å². The highest BCUT2D eigenvalue weighted by Gasteiger charge is 2.21. The van der Waals surface area contributed by atoms with Crippen LogP contribution in [-0.2, 0) is 0 Å². The van der Waals surface area contributed by atoms with Crippen molar-refractivity contribution in [2.24, 2.45) is 0 Å². The lowest BCUT2D eigenvalue weighted by Crippen LogP contribution is -2.11. The van der Waals surface area contributed by atoms with Crippen LogP contribution in [-0.4, -0.2) is 4.57 Å². The minimum Gasteiger partial charge on any atom is -0.456 e. The zero-order valence-corrected chi connectivity index (χ0v) is 33.5. The summed E-state index contributed by atoms with van der Waals surface area (Å²) >= 11 is 0. The van der Waals surface area contributed by atoms with Crippen molar-refractivity contribution in [1.82, 2.24) is 4.57 Å². The van der Waals surface area contributed by atoms with Gasteiger partial charge in [0.05, 0.1) is 16.7 Å². The molecule has 0 saturated heterocycles. The highest BCUT2D eigenvalue weighted by atomic mass is 16.3. The van der Waals surface area contributed by atoms with Gasteiger partial charge in [-0.3, -0.25) is 0 Å². The molecule has 0 unspecified atom stereocenters. The quantitative estimate of drug-likeness (QED) is 0.168. The number of hydrogen-bond acceptors (Lipinski definition) is 3. The van der Waals surface area contributed by atoms with Crippen molar-refractivity contribution in [3.63, 3.8) is 0 Å². The molecule has 0 aliphatic heterocycles. The molecule has 3 aromatic heterocycles. The van der Waals surface area contributed by atoms with Crippen LogP contribution in [0.4, 0.5) is 17.1 Å². The fraction of sp³-hybridized carbons (Fsp3) is 0. The van der Waals surface area contributed by atoms with Crippen molar-refractivity contribution in [2.75, 3.05) is 4.90 Å². The Labute approximate surface area is 356 Å². The highest BCUT2D eigenvalue weighted by Crippen LogP contribution is 2.44. The van der Waals surface area contributed by atoms with E-state index in [1.165, 1.54) is 27.2 Å². The summed E-state index contributed by atoms with van der Waals surface area (Å²) in [4.78, 5) is 2.40. The number of hydrogen-bond donors (Lipinski definition) is 0. The predicted octanol–water partition coefficient (Wildman–Crippen LogP) is 16.5. The molecule has 3 heterocycles. The van der Waals surface area contributed by atoms with Crippen molar-refractivity contribution >= 4 is 93.5 Å². The molecular formula is C58H36N2O2. The Balaban J connectivity index is 0.989. The van der Waals surface area contributed by atoms with Crippen molar-refractivity contribution in [3.8, 4) is 27.9 Å². The Morgan fingerprint density at radius 1 is 0.339 bits per heavy atom. The molecule has 0 amide bonds. The molecule has 0 saturated carbocycles. The number of aromatic nitrogens is 1. The van der Waals surface area contributed by atoms with Crippen molar-refractivity contribution in [2.45, 2.75) is 0 Å². The molecule has 4 heteroatoms. The van der Waals surface area contributed by atoms with Crippen molar-refractivity contribution < 1.29 is 8.83 Å². The summed E-state index contributed by atoms with van der Waals surface area (Å²) in [5.74, 6) is 0. The molecule has 13 aromatic rings. The molecule has 13 rings (SSSR count). The fourth-order valence-electron chi connectivity index (χ4n) is 9.69. The largest absolute Gasteiger partial charge is 0.456 e. The smallest absolute Gasteiger partial charge is 0.143 e. The van der Waals surface area contributed by atoms with Gasteiger partial charge in [-0.25, -0.2) is 0 Å². The molecule has 0 spiro atoms. The maximum absolute atomic E-state index is 6.55. The molecular weight excluding hydrogens is 757 g/mol. The van der Waals surface area contributed by atoms with Crippen LogP contribution in [0.5, 0.6) is 0 Å². The summed E-state index contributed by atoms with van der Waals surface area (Å²) in [7, 11) is 0. The van der Waals surface area contributed by atoms with E-state index in [1.54, 1.807) is 0 Å². The number of furan rings is 2. The lowest BCUT2D eigenvalue weighted by atomic mass is 9.98. The minimum absolute atomic E-state index is 0.880. The Bertz CT molecular complexity index is 3830. The van der Waals surface area contributed by atoms with Crippen LogP contribution < -0.4 is 4.90 Å². The van der Waals surface area contributed by atoms with Gasteiger partial charge < -0.3 is 18.3 Å². The van der Waals surface area contributed by atoms with Crippen LogP contribution >= 0.6 is 0 Å². The normalized spacial score (nSPS) is 11.9. The Morgan fingerprint density at radius 2 is 0.952 bits per heavy atom. The number of anilines is 3. The fourth-order valence-corrected chi connectivity index (χ4v) is 9.69. The molecule has 62 heavy (non-hydrogen) atoms. The third kappa shape index (κ3) is 5.33. The van der Waals surface area contributed by atoms with Crippen molar-refractivity contribution in [1.29, 1.82) is 0 Å². The average Bonchev–Trinajstić information content (AvgIpc) is 4.01. The van der Waals surface area contributed by atoms with E-state index < -0.39 is 0 Å². The van der Waals surface area contributed by atoms with Crippen LogP contribution in [0.1, 0.15) is 0 Å². The van der Waals surface area contributed by atoms with Gasteiger partial charge in [-0.05, 0) is 107 Å². The number of fused-ring (bicyclic) bond motifs is 11. The maximum atomic E-state index is 6.55. The highest BCUT2D eigenvalue weighted by molar-refractivity contribution is 6.16. The van der Waals surface area contributed by atoms with Crippen LogP contribution in [0.25, 0.3) is 104 Å². The zero-order chi connectivity index (χ0) is 40.7. The van der Waals surface area contributed by atoms with Gasteiger partial charge >= 0.3 is 0 Å². The van der Waals surface area contributed by atoms with E-state index in [4.69, 9.17) is 8.83 Å². The minimum atomic E-state index is 0.880. The molecule has 0 N–H and O–H groups in total. The second-order valence-electron chi connectivity index (χ2n) is 16.1. The molecule has 0 aliphatic carbocycles. The van der Waals surface area contributed by atoms with E-state index in [-0.39, 0.29) is 0 Å². The Hall–Kier alpha value is -8.34. The van der Waals surface area contributed by atoms with Gasteiger partial charge in [0, 0.05) is 60.3 Å². The van der Waals surface area contributed by atoms with Gasteiger partial charge in [0.15, 0.2) is 0 Å². The zero-order valence-electron chi connectivity index (χ0n) is 33.5. The molecule has 0 fully saturated rings. The van der Waals surface area contributed by atoms with Gasteiger partial charge in [0.2, 0.25) is 0 Å². The summed E-state index contributed by atoms with van der Waals surface area (Å²) in [6.45, 7) is 0. The molecule has 0 radical (unpaired) electrons. The molecule has 4 nitrogen and oxygen atoms in total.